The molecule has 0 atom stereocenters. The van der Waals surface area contributed by atoms with E-state index in [4.69, 9.17) is 0 Å². The van der Waals surface area contributed by atoms with Crippen molar-refractivity contribution in [2.24, 2.45) is 0 Å². The van der Waals surface area contributed by atoms with Gasteiger partial charge in [-0.2, -0.15) is 0 Å². The Labute approximate surface area is 190 Å². The molecule has 0 saturated heterocycles. The number of nitrogens with one attached hydrogen (secondary N) is 2. The first-order chi connectivity index (χ1) is 15.2. The molecule has 1 rings (SSSR count). The molecule has 0 radical (unpaired) electrons. The zero-order valence-corrected chi connectivity index (χ0v) is 19.7. The molecule has 2 N–H and O–H groups in total. The summed E-state index contributed by atoms with van der Waals surface area (Å²) < 4.78 is 0. The van der Waals surface area contributed by atoms with Gasteiger partial charge in [0.1, 0.15) is 0 Å². The number of unbranched alkanes of at least 4 members (excludes halogenated alkanes) is 11. The summed E-state index contributed by atoms with van der Waals surface area (Å²) in [5, 5.41) is 5.72. The van der Waals surface area contributed by atoms with Gasteiger partial charge in [-0.05, 0) is 49.5 Å². The first kappa shape index (κ1) is 26.9. The fourth-order valence-electron chi connectivity index (χ4n) is 3.67. The predicted molar refractivity (Wildman–Crippen MR) is 132 cm³/mol. The van der Waals surface area contributed by atoms with Crippen molar-refractivity contribution in [2.45, 2.75) is 103 Å². The number of amides is 2. The number of rotatable bonds is 19. The van der Waals surface area contributed by atoms with E-state index in [1.54, 1.807) is 0 Å². The smallest absolute Gasteiger partial charge is 0.243 e. The van der Waals surface area contributed by atoms with Crippen LogP contribution in [0.1, 0.15) is 102 Å². The summed E-state index contributed by atoms with van der Waals surface area (Å²) in [4.78, 5) is 23.1. The molecule has 4 heteroatoms. The molecular weight excluding hydrogens is 384 g/mol. The second kappa shape index (κ2) is 18.7. The summed E-state index contributed by atoms with van der Waals surface area (Å²) in [5.41, 5.74) is 2.22. The highest BCUT2D eigenvalue weighted by Crippen LogP contribution is 2.15. The van der Waals surface area contributed by atoms with Crippen LogP contribution in [-0.2, 0) is 16.0 Å². The molecule has 0 aromatic heterocycles. The third kappa shape index (κ3) is 15.4. The standard InChI is InChI=1S/C27H44N2O2/c1-3-5-6-7-8-9-10-11-12-14-17-24-19-21-25(22-20-24)29-27(31)18-15-13-16-23-28-26(30)4-2/h4,19-22H,2-3,5-18,23H2,1H3,(H,28,30)(H,29,31). The van der Waals surface area contributed by atoms with Crippen molar-refractivity contribution in [3.63, 3.8) is 0 Å². The summed E-state index contributed by atoms with van der Waals surface area (Å²) in [6.07, 6.45) is 19.1. The Balaban J connectivity index is 2.04. The van der Waals surface area contributed by atoms with E-state index in [1.807, 2.05) is 12.1 Å². The third-order valence-electron chi connectivity index (χ3n) is 5.62. The minimum Gasteiger partial charge on any atom is -0.353 e. The average Bonchev–Trinajstić information content (AvgIpc) is 2.78. The minimum atomic E-state index is -0.144. The van der Waals surface area contributed by atoms with Gasteiger partial charge in [0.15, 0.2) is 0 Å². The Morgan fingerprint density at radius 1 is 0.806 bits per heavy atom. The fourth-order valence-corrected chi connectivity index (χ4v) is 3.67. The molecule has 0 aliphatic rings. The second-order valence-corrected chi connectivity index (χ2v) is 8.48. The molecule has 0 aliphatic heterocycles. The lowest BCUT2D eigenvalue weighted by atomic mass is 10.0. The van der Waals surface area contributed by atoms with Crippen LogP contribution in [-0.4, -0.2) is 18.4 Å². The maximum absolute atomic E-state index is 12.1. The summed E-state index contributed by atoms with van der Waals surface area (Å²) in [6.45, 7) is 6.32. The molecule has 4 nitrogen and oxygen atoms in total. The largest absolute Gasteiger partial charge is 0.353 e. The fraction of sp³-hybridized carbons (Fsp3) is 0.630. The van der Waals surface area contributed by atoms with Crippen LogP contribution in [0.3, 0.4) is 0 Å². The van der Waals surface area contributed by atoms with E-state index >= 15 is 0 Å². The topological polar surface area (TPSA) is 58.2 Å². The highest BCUT2D eigenvalue weighted by atomic mass is 16.2. The van der Waals surface area contributed by atoms with Crippen LogP contribution >= 0.6 is 0 Å². The van der Waals surface area contributed by atoms with E-state index in [0.717, 1.165) is 31.4 Å². The van der Waals surface area contributed by atoms with E-state index in [-0.39, 0.29) is 11.8 Å². The molecule has 0 heterocycles. The summed E-state index contributed by atoms with van der Waals surface area (Å²) in [5.74, 6) is -0.0908. The van der Waals surface area contributed by atoms with Crippen LogP contribution in [0.15, 0.2) is 36.9 Å². The Hall–Kier alpha value is -2.10. The van der Waals surface area contributed by atoms with Gasteiger partial charge in [0.05, 0.1) is 0 Å². The zero-order valence-electron chi connectivity index (χ0n) is 19.7. The van der Waals surface area contributed by atoms with Gasteiger partial charge in [-0.3, -0.25) is 9.59 Å². The molecule has 174 valence electrons. The van der Waals surface area contributed by atoms with E-state index in [0.29, 0.717) is 13.0 Å². The van der Waals surface area contributed by atoms with Crippen molar-refractivity contribution in [3.05, 3.63) is 42.5 Å². The molecule has 1 aromatic carbocycles. The molecule has 0 fully saturated rings. The SMILES string of the molecule is C=CC(=O)NCCCCCC(=O)Nc1ccc(CCCCCCCCCCCC)cc1. The Bertz CT molecular complexity index is 610. The summed E-state index contributed by atoms with van der Waals surface area (Å²) in [6, 6.07) is 8.28. The van der Waals surface area contributed by atoms with Gasteiger partial charge < -0.3 is 10.6 Å². The van der Waals surface area contributed by atoms with Crippen molar-refractivity contribution in [2.75, 3.05) is 11.9 Å². The van der Waals surface area contributed by atoms with Crippen LogP contribution in [0.25, 0.3) is 0 Å². The van der Waals surface area contributed by atoms with Crippen molar-refractivity contribution >= 4 is 17.5 Å². The van der Waals surface area contributed by atoms with E-state index in [2.05, 4.69) is 36.3 Å². The van der Waals surface area contributed by atoms with Gasteiger partial charge in [-0.1, -0.05) is 89.8 Å². The predicted octanol–water partition coefficient (Wildman–Crippen LogP) is 6.95. The van der Waals surface area contributed by atoms with Crippen LogP contribution in [0, 0.1) is 0 Å². The first-order valence-corrected chi connectivity index (χ1v) is 12.4. The van der Waals surface area contributed by atoms with Crippen molar-refractivity contribution in [1.29, 1.82) is 0 Å². The minimum absolute atomic E-state index is 0.0533. The molecule has 0 unspecified atom stereocenters. The molecule has 0 aliphatic carbocycles. The van der Waals surface area contributed by atoms with E-state index in [1.165, 1.54) is 75.8 Å². The molecule has 0 saturated carbocycles. The van der Waals surface area contributed by atoms with Gasteiger partial charge >= 0.3 is 0 Å². The molecule has 31 heavy (non-hydrogen) atoms. The zero-order chi connectivity index (χ0) is 22.6. The molecule has 1 aromatic rings. The molecule has 0 spiro atoms. The van der Waals surface area contributed by atoms with Gasteiger partial charge in [0.25, 0.3) is 0 Å². The molecular formula is C27H44N2O2. The lowest BCUT2D eigenvalue weighted by Gasteiger charge is -2.07. The maximum Gasteiger partial charge on any atom is 0.243 e. The monoisotopic (exact) mass is 428 g/mol. The Kier molecular flexibility index (Phi) is 16.2. The third-order valence-corrected chi connectivity index (χ3v) is 5.62. The summed E-state index contributed by atoms with van der Waals surface area (Å²) >= 11 is 0. The van der Waals surface area contributed by atoms with Gasteiger partial charge in [-0.15, -0.1) is 0 Å². The highest BCUT2D eigenvalue weighted by molar-refractivity contribution is 5.90. The Morgan fingerprint density at radius 3 is 2.00 bits per heavy atom. The van der Waals surface area contributed by atoms with Crippen LogP contribution in [0.2, 0.25) is 0 Å². The number of aryl methyl sites for hydroxylation is 1. The number of carbonyl (C=O) groups is 2. The number of benzene rings is 1. The van der Waals surface area contributed by atoms with Crippen molar-refractivity contribution in [1.82, 2.24) is 5.32 Å². The lowest BCUT2D eigenvalue weighted by molar-refractivity contribution is -0.117. The van der Waals surface area contributed by atoms with Gasteiger partial charge in [0, 0.05) is 18.7 Å². The van der Waals surface area contributed by atoms with Gasteiger partial charge in [0.2, 0.25) is 11.8 Å². The van der Waals surface area contributed by atoms with Crippen LogP contribution in [0.5, 0.6) is 0 Å². The van der Waals surface area contributed by atoms with Crippen molar-refractivity contribution in [3.8, 4) is 0 Å². The van der Waals surface area contributed by atoms with Crippen molar-refractivity contribution < 1.29 is 9.59 Å². The molecule has 0 bridgehead atoms. The number of hydrogen-bond acceptors (Lipinski definition) is 2. The van der Waals surface area contributed by atoms with Crippen LogP contribution in [0.4, 0.5) is 5.69 Å². The highest BCUT2D eigenvalue weighted by Gasteiger charge is 2.03. The normalized spacial score (nSPS) is 10.6. The lowest BCUT2D eigenvalue weighted by Crippen LogP contribution is -2.21. The van der Waals surface area contributed by atoms with Gasteiger partial charge in [-0.25, -0.2) is 0 Å². The van der Waals surface area contributed by atoms with E-state index < -0.39 is 0 Å². The first-order valence-electron chi connectivity index (χ1n) is 12.4. The van der Waals surface area contributed by atoms with E-state index in [9.17, 15) is 9.59 Å². The average molecular weight is 429 g/mol. The quantitative estimate of drug-likeness (QED) is 0.185. The maximum atomic E-state index is 12.1. The number of hydrogen-bond donors (Lipinski definition) is 2. The Morgan fingerprint density at radius 2 is 1.39 bits per heavy atom. The van der Waals surface area contributed by atoms with Crippen LogP contribution < -0.4 is 10.6 Å². The molecule has 2 amide bonds. The number of anilines is 1. The number of carbonyl (C=O) groups excluding carboxylic acids is 2. The summed E-state index contributed by atoms with van der Waals surface area (Å²) in [7, 11) is 0. The second-order valence-electron chi connectivity index (χ2n) is 8.48.